The number of carbonyl (C=O) groups is 1. The maximum Gasteiger partial charge on any atom is 0.274 e. The van der Waals surface area contributed by atoms with E-state index in [1.54, 1.807) is 7.11 Å². The molecule has 0 spiro atoms. The van der Waals surface area contributed by atoms with Crippen LogP contribution in [0.15, 0.2) is 54.6 Å². The summed E-state index contributed by atoms with van der Waals surface area (Å²) in [4.78, 5) is 12.4. The summed E-state index contributed by atoms with van der Waals surface area (Å²) in [6, 6.07) is 17.2. The molecule has 0 saturated heterocycles. The Kier molecular flexibility index (Phi) is 4.86. The molecule has 0 saturated carbocycles. The smallest absolute Gasteiger partial charge is 0.274 e. The van der Waals surface area contributed by atoms with Crippen LogP contribution < -0.4 is 10.1 Å². The summed E-state index contributed by atoms with van der Waals surface area (Å²) >= 11 is 0. The lowest BCUT2D eigenvalue weighted by Crippen LogP contribution is -2.26. The van der Waals surface area contributed by atoms with Gasteiger partial charge in [-0.3, -0.25) is 4.79 Å². The first kappa shape index (κ1) is 15.7. The van der Waals surface area contributed by atoms with E-state index >= 15 is 0 Å². The second-order valence-corrected chi connectivity index (χ2v) is 5.20. The van der Waals surface area contributed by atoms with Crippen LogP contribution in [-0.2, 0) is 6.42 Å². The molecule has 0 atom stereocenters. The monoisotopic (exact) mass is 322 g/mol. The number of H-pyrrole nitrogens is 1. The van der Waals surface area contributed by atoms with E-state index in [0.29, 0.717) is 24.4 Å². The summed E-state index contributed by atoms with van der Waals surface area (Å²) < 4.78 is 5.31. The van der Waals surface area contributed by atoms with Crippen molar-refractivity contribution in [2.45, 2.75) is 6.42 Å². The second kappa shape index (κ2) is 7.41. The Hall–Kier alpha value is -3.15. The fourth-order valence-electron chi connectivity index (χ4n) is 2.49. The van der Waals surface area contributed by atoms with Gasteiger partial charge in [-0.1, -0.05) is 48.5 Å². The van der Waals surface area contributed by atoms with Gasteiger partial charge in [-0.15, -0.1) is 0 Å². The highest BCUT2D eigenvalue weighted by Crippen LogP contribution is 2.19. The second-order valence-electron chi connectivity index (χ2n) is 5.20. The lowest BCUT2D eigenvalue weighted by molar-refractivity contribution is 0.0949. The van der Waals surface area contributed by atoms with Crippen molar-refractivity contribution in [3.8, 4) is 17.0 Å². The van der Waals surface area contributed by atoms with Crippen molar-refractivity contribution in [1.82, 2.24) is 20.7 Å². The molecule has 0 aliphatic rings. The summed E-state index contributed by atoms with van der Waals surface area (Å²) in [7, 11) is 1.64. The van der Waals surface area contributed by atoms with E-state index in [2.05, 4.69) is 20.7 Å². The molecule has 6 heteroatoms. The van der Waals surface area contributed by atoms with Gasteiger partial charge in [-0.25, -0.2) is 0 Å². The molecule has 0 aliphatic carbocycles. The number of hydrogen-bond acceptors (Lipinski definition) is 4. The molecule has 6 nitrogen and oxygen atoms in total. The van der Waals surface area contributed by atoms with Gasteiger partial charge in [0.1, 0.15) is 11.4 Å². The quantitative estimate of drug-likeness (QED) is 0.730. The number of para-hydroxylation sites is 1. The number of rotatable bonds is 6. The Labute approximate surface area is 139 Å². The zero-order chi connectivity index (χ0) is 16.8. The zero-order valence-corrected chi connectivity index (χ0v) is 13.3. The van der Waals surface area contributed by atoms with E-state index in [0.717, 1.165) is 16.9 Å². The lowest BCUT2D eigenvalue weighted by Gasteiger charge is -2.08. The molecule has 2 aromatic carbocycles. The minimum absolute atomic E-state index is 0.252. The normalized spacial score (nSPS) is 10.4. The Morgan fingerprint density at radius 1 is 1.08 bits per heavy atom. The highest BCUT2D eigenvalue weighted by atomic mass is 16.5. The van der Waals surface area contributed by atoms with Gasteiger partial charge in [-0.2, -0.15) is 15.4 Å². The van der Waals surface area contributed by atoms with E-state index in [-0.39, 0.29) is 5.91 Å². The summed E-state index contributed by atoms with van der Waals surface area (Å²) in [5, 5.41) is 13.5. The van der Waals surface area contributed by atoms with E-state index in [4.69, 9.17) is 4.74 Å². The van der Waals surface area contributed by atoms with E-state index in [1.165, 1.54) is 0 Å². The van der Waals surface area contributed by atoms with Gasteiger partial charge in [0.05, 0.1) is 7.11 Å². The van der Waals surface area contributed by atoms with Gasteiger partial charge in [0.25, 0.3) is 5.91 Å². The summed E-state index contributed by atoms with van der Waals surface area (Å²) in [5.74, 6) is 0.565. The number of benzene rings is 2. The topological polar surface area (TPSA) is 79.9 Å². The van der Waals surface area contributed by atoms with Crippen LogP contribution in [-0.4, -0.2) is 35.0 Å². The first-order chi connectivity index (χ1) is 11.8. The van der Waals surface area contributed by atoms with Crippen LogP contribution in [0.2, 0.25) is 0 Å². The summed E-state index contributed by atoms with van der Waals surface area (Å²) in [6.07, 6.45) is 0.675. The molecule has 3 rings (SSSR count). The maximum absolute atomic E-state index is 12.4. The molecule has 1 heterocycles. The van der Waals surface area contributed by atoms with Crippen LogP contribution in [0.4, 0.5) is 0 Å². The molecular weight excluding hydrogens is 304 g/mol. The highest BCUT2D eigenvalue weighted by Gasteiger charge is 2.17. The Morgan fingerprint density at radius 2 is 1.83 bits per heavy atom. The highest BCUT2D eigenvalue weighted by molar-refractivity contribution is 5.97. The van der Waals surface area contributed by atoms with Crippen molar-refractivity contribution in [2.75, 3.05) is 13.7 Å². The van der Waals surface area contributed by atoms with Crippen molar-refractivity contribution in [1.29, 1.82) is 0 Å². The number of nitrogens with zero attached hydrogens (tertiary/aromatic N) is 2. The Bertz CT molecular complexity index is 815. The van der Waals surface area contributed by atoms with Crippen molar-refractivity contribution in [3.63, 3.8) is 0 Å². The van der Waals surface area contributed by atoms with Crippen molar-refractivity contribution in [2.24, 2.45) is 0 Å². The fourth-order valence-corrected chi connectivity index (χ4v) is 2.49. The molecule has 0 bridgehead atoms. The number of aromatic amines is 1. The van der Waals surface area contributed by atoms with Gasteiger partial charge in [0, 0.05) is 12.1 Å². The maximum atomic E-state index is 12.4. The number of hydrogen-bond donors (Lipinski definition) is 2. The third-order valence-corrected chi connectivity index (χ3v) is 3.68. The van der Waals surface area contributed by atoms with Crippen LogP contribution in [0.25, 0.3) is 11.3 Å². The number of nitrogens with one attached hydrogen (secondary N) is 2. The number of aromatic nitrogens is 3. The molecule has 2 N–H and O–H groups in total. The Balaban J connectivity index is 1.65. The Morgan fingerprint density at radius 3 is 2.62 bits per heavy atom. The predicted octanol–water partition coefficient (Wildman–Crippen LogP) is 2.45. The van der Waals surface area contributed by atoms with Gasteiger partial charge >= 0.3 is 0 Å². The van der Waals surface area contributed by atoms with Crippen molar-refractivity contribution in [3.05, 3.63) is 65.9 Å². The van der Waals surface area contributed by atoms with Gasteiger partial charge in [0.15, 0.2) is 5.69 Å². The molecule has 0 radical (unpaired) electrons. The molecule has 0 fully saturated rings. The molecule has 0 aliphatic heterocycles. The molecule has 1 aromatic heterocycles. The minimum Gasteiger partial charge on any atom is -0.496 e. The molecule has 3 aromatic rings. The van der Waals surface area contributed by atoms with Crippen LogP contribution in [0.3, 0.4) is 0 Å². The van der Waals surface area contributed by atoms with Gasteiger partial charge in [-0.05, 0) is 18.1 Å². The zero-order valence-electron chi connectivity index (χ0n) is 13.3. The molecule has 24 heavy (non-hydrogen) atoms. The third kappa shape index (κ3) is 3.43. The number of amides is 1. The number of carbonyl (C=O) groups excluding carboxylic acids is 1. The standard InChI is InChI=1S/C18H18N4O2/c1-24-15-10-6-5-7-13(15)11-12-19-18(23)17-16(20-22-21-17)14-8-3-2-4-9-14/h2-10H,11-12H2,1H3,(H,19,23)(H,20,21,22). The van der Waals surface area contributed by atoms with Crippen LogP contribution in [0, 0.1) is 0 Å². The number of ether oxygens (including phenoxy) is 1. The van der Waals surface area contributed by atoms with Crippen LogP contribution >= 0.6 is 0 Å². The van der Waals surface area contributed by atoms with Gasteiger partial charge < -0.3 is 10.1 Å². The van der Waals surface area contributed by atoms with Crippen LogP contribution in [0.1, 0.15) is 16.1 Å². The molecule has 122 valence electrons. The number of methoxy groups -OCH3 is 1. The average molecular weight is 322 g/mol. The van der Waals surface area contributed by atoms with Crippen molar-refractivity contribution >= 4 is 5.91 Å². The summed E-state index contributed by atoms with van der Waals surface area (Å²) in [5.41, 5.74) is 2.73. The van der Waals surface area contributed by atoms with Crippen molar-refractivity contribution < 1.29 is 9.53 Å². The van der Waals surface area contributed by atoms with Crippen LogP contribution in [0.5, 0.6) is 5.75 Å². The SMILES string of the molecule is COc1ccccc1CCNC(=O)c1n[nH]nc1-c1ccccc1. The summed E-state index contributed by atoms with van der Waals surface area (Å²) in [6.45, 7) is 0.486. The first-order valence-electron chi connectivity index (χ1n) is 7.66. The minimum atomic E-state index is -0.252. The van der Waals surface area contributed by atoms with E-state index in [1.807, 2.05) is 54.6 Å². The van der Waals surface area contributed by atoms with Gasteiger partial charge in [0.2, 0.25) is 0 Å². The largest absolute Gasteiger partial charge is 0.496 e. The fraction of sp³-hybridized carbons (Fsp3) is 0.167. The molecular formula is C18H18N4O2. The lowest BCUT2D eigenvalue weighted by atomic mass is 10.1. The predicted molar refractivity (Wildman–Crippen MR) is 90.8 cm³/mol. The van der Waals surface area contributed by atoms with E-state index < -0.39 is 0 Å². The first-order valence-corrected chi connectivity index (χ1v) is 7.66. The molecule has 1 amide bonds. The average Bonchev–Trinajstić information content (AvgIpc) is 3.12. The molecule has 0 unspecified atom stereocenters. The third-order valence-electron chi connectivity index (χ3n) is 3.68. The van der Waals surface area contributed by atoms with E-state index in [9.17, 15) is 4.79 Å².